The van der Waals surface area contributed by atoms with Crippen LogP contribution < -0.4 is 0 Å². The Balaban J connectivity index is 0.000000588. The Hall–Kier alpha value is -3.42. The first-order chi connectivity index (χ1) is 20.3. The summed E-state index contributed by atoms with van der Waals surface area (Å²) in [5.74, 6) is -2.57. The van der Waals surface area contributed by atoms with Gasteiger partial charge in [0.2, 0.25) is 0 Å². The van der Waals surface area contributed by atoms with E-state index in [-0.39, 0.29) is 60.7 Å². The van der Waals surface area contributed by atoms with Crippen LogP contribution >= 0.6 is 0 Å². The molecule has 0 atom stereocenters. The molecule has 0 radical (unpaired) electrons. The van der Waals surface area contributed by atoms with E-state index in [0.717, 1.165) is 24.3 Å². The van der Waals surface area contributed by atoms with Crippen molar-refractivity contribution in [1.29, 1.82) is 0 Å². The molecular formula is C33H23F4N4Pt2S2-3. The van der Waals surface area contributed by atoms with Crippen molar-refractivity contribution in [1.82, 2.24) is 19.9 Å². The Morgan fingerprint density at radius 1 is 0.511 bits per heavy atom. The third-order valence-electron chi connectivity index (χ3n) is 4.83. The number of aromatic nitrogens is 4. The molecule has 0 N–H and O–H groups in total. The van der Waals surface area contributed by atoms with Crippen LogP contribution in [0.1, 0.15) is 0 Å². The smallest absolute Gasteiger partial charge is 0.760 e. The van der Waals surface area contributed by atoms with Gasteiger partial charge in [0.25, 0.3) is 0 Å². The molecular weight excluding hydrogens is 983 g/mol. The van der Waals surface area contributed by atoms with Gasteiger partial charge in [0.15, 0.2) is 0 Å². The van der Waals surface area contributed by atoms with Crippen LogP contribution in [-0.4, -0.2) is 19.9 Å². The molecule has 0 unspecified atom stereocenters. The Morgan fingerprint density at radius 3 is 1.07 bits per heavy atom. The molecule has 12 heteroatoms. The summed E-state index contributed by atoms with van der Waals surface area (Å²) in [6, 6.07) is 30.1. The molecule has 0 saturated carbocycles. The Morgan fingerprint density at radius 2 is 0.844 bits per heavy atom. The predicted molar refractivity (Wildman–Crippen MR) is 163 cm³/mol. The molecule has 2 aromatic carbocycles. The zero-order valence-electron chi connectivity index (χ0n) is 23.3. The van der Waals surface area contributed by atoms with Crippen LogP contribution in [0.3, 0.4) is 0 Å². The first-order valence-corrected chi connectivity index (χ1v) is 12.9. The van der Waals surface area contributed by atoms with Crippen molar-refractivity contribution in [3.63, 3.8) is 0 Å². The third-order valence-corrected chi connectivity index (χ3v) is 5.32. The fourth-order valence-electron chi connectivity index (χ4n) is 3.00. The molecule has 0 fully saturated rings. The van der Waals surface area contributed by atoms with Gasteiger partial charge in [-0.3, -0.25) is 27.5 Å². The summed E-state index contributed by atoms with van der Waals surface area (Å²) in [6.07, 6.45) is 6.46. The maximum absolute atomic E-state index is 13.2. The first-order valence-electron chi connectivity index (χ1n) is 12.1. The van der Waals surface area contributed by atoms with E-state index in [1.165, 1.54) is 0 Å². The van der Waals surface area contributed by atoms with Gasteiger partial charge in [-0.25, -0.2) is 0 Å². The van der Waals surface area contributed by atoms with Gasteiger partial charge >= 0.3 is 21.1 Å². The van der Waals surface area contributed by atoms with Gasteiger partial charge in [-0.2, -0.15) is 0 Å². The average Bonchev–Trinajstić information content (AvgIpc) is 3.00. The van der Waals surface area contributed by atoms with E-state index in [1.807, 2.05) is 24.3 Å². The second-order valence-electron chi connectivity index (χ2n) is 7.85. The molecule has 0 aliphatic rings. The monoisotopic (exact) mass is 1010 g/mol. The van der Waals surface area contributed by atoms with Crippen LogP contribution in [0.5, 0.6) is 0 Å². The van der Waals surface area contributed by atoms with E-state index in [0.29, 0.717) is 21.4 Å². The number of nitrogens with zero attached hydrogens (tertiary/aromatic N) is 4. The van der Waals surface area contributed by atoms with Crippen LogP contribution in [0, 0.1) is 42.8 Å². The van der Waals surface area contributed by atoms with Crippen molar-refractivity contribution >= 4 is 25.3 Å². The van der Waals surface area contributed by atoms with E-state index < -0.39 is 23.3 Å². The van der Waals surface area contributed by atoms with E-state index in [1.54, 1.807) is 73.3 Å². The third kappa shape index (κ3) is 15.4. The summed E-state index contributed by atoms with van der Waals surface area (Å²) in [5.41, 5.74) is 1.27. The number of halogens is 4. The molecule has 238 valence electrons. The van der Waals surface area contributed by atoms with Gasteiger partial charge in [0.1, 0.15) is 0 Å². The molecule has 6 rings (SSSR count). The zero-order valence-corrected chi connectivity index (χ0v) is 29.5. The Bertz CT molecular complexity index is 1520. The second-order valence-corrected chi connectivity index (χ2v) is 8.68. The zero-order chi connectivity index (χ0) is 30.2. The van der Waals surface area contributed by atoms with E-state index in [4.69, 9.17) is 25.3 Å². The Labute approximate surface area is 300 Å². The fraction of sp³-hybridized carbons (Fsp3) is 0. The molecule has 4 aromatic heterocycles. The van der Waals surface area contributed by atoms with Crippen molar-refractivity contribution in [3.05, 3.63) is 165 Å². The molecule has 4 heterocycles. The van der Waals surface area contributed by atoms with E-state index in [9.17, 15) is 17.6 Å². The average molecular weight is 1010 g/mol. The maximum Gasteiger partial charge on any atom is 2.00 e. The molecule has 0 aliphatic carbocycles. The predicted octanol–water partition coefficient (Wildman–Crippen LogP) is 8.07. The van der Waals surface area contributed by atoms with Crippen molar-refractivity contribution < 1.29 is 59.7 Å². The number of benzene rings is 2. The summed E-state index contributed by atoms with van der Waals surface area (Å²) >= 11 is 9.40. The number of pyridine rings is 4. The molecule has 0 amide bonds. The minimum Gasteiger partial charge on any atom is -0.760 e. The van der Waals surface area contributed by atoms with Crippen molar-refractivity contribution in [2.75, 3.05) is 0 Å². The first kappa shape index (κ1) is 41.6. The topological polar surface area (TPSA) is 51.6 Å². The van der Waals surface area contributed by atoms with Gasteiger partial charge in [0.05, 0.1) is 0 Å². The Kier molecular flexibility index (Phi) is 21.2. The largest absolute Gasteiger partial charge is 2.00 e. The van der Waals surface area contributed by atoms with Crippen molar-refractivity contribution in [3.8, 4) is 22.5 Å². The van der Waals surface area contributed by atoms with Gasteiger partial charge < -0.3 is 42.7 Å². The number of rotatable bonds is 2. The van der Waals surface area contributed by atoms with Gasteiger partial charge in [-0.1, -0.05) is 81.8 Å². The van der Waals surface area contributed by atoms with Crippen LogP contribution in [0.2, 0.25) is 0 Å². The standard InChI is InChI=1S/2C11H6F2N.2C5H5NS.CH3.2Pt/c2*12-8-4-5-9(10(13)7-8)11-3-1-2-6-14-11;2*7-5-3-1-2-4-6-5;;;/h2*1-4,6-7H;2*1-4H,(H,6,7);1H3;;/q2*-1;;;-1;;+2/p-2. The fourth-order valence-corrected chi connectivity index (χ4v) is 3.28. The summed E-state index contributed by atoms with van der Waals surface area (Å²) in [4.78, 5) is 15.5. The molecule has 0 aliphatic heterocycles. The molecule has 0 spiro atoms. The summed E-state index contributed by atoms with van der Waals surface area (Å²) in [7, 11) is 0. The summed E-state index contributed by atoms with van der Waals surface area (Å²) < 4.78 is 51.6. The second kappa shape index (κ2) is 23.0. The van der Waals surface area contributed by atoms with Gasteiger partial charge in [-0.05, 0) is 35.7 Å². The molecule has 6 aromatic rings. The molecule has 0 saturated heterocycles. The minimum atomic E-state index is -0.649. The molecule has 4 nitrogen and oxygen atoms in total. The summed E-state index contributed by atoms with van der Waals surface area (Å²) in [5, 5.41) is 1.31. The number of hydrogen-bond acceptors (Lipinski definition) is 6. The van der Waals surface area contributed by atoms with Gasteiger partial charge in [0, 0.05) is 69.1 Å². The molecule has 0 bridgehead atoms. The van der Waals surface area contributed by atoms with Crippen LogP contribution in [0.25, 0.3) is 22.5 Å². The van der Waals surface area contributed by atoms with Gasteiger partial charge in [-0.15, -0.1) is 24.3 Å². The quantitative estimate of drug-likeness (QED) is 0.0995. The molecule has 45 heavy (non-hydrogen) atoms. The van der Waals surface area contributed by atoms with Crippen molar-refractivity contribution in [2.45, 2.75) is 10.1 Å². The van der Waals surface area contributed by atoms with Crippen LogP contribution in [-0.2, 0) is 67.4 Å². The van der Waals surface area contributed by atoms with Crippen LogP contribution in [0.4, 0.5) is 17.6 Å². The van der Waals surface area contributed by atoms with E-state index in [2.05, 4.69) is 32.1 Å². The maximum atomic E-state index is 13.2. The van der Waals surface area contributed by atoms with Crippen LogP contribution in [0.15, 0.2) is 132 Å². The van der Waals surface area contributed by atoms with E-state index >= 15 is 0 Å². The normalized spacial score (nSPS) is 8.98. The SMILES string of the molecule is Fc1c[c-]c(-c2ccccn2)c(F)c1.Fc1c[c-]c(-c2ccccn2)c(F)c1.[CH3-].[Pt+2].[Pt].[S-]c1ccccn1.[S-]c1ccccn1. The number of hydrogen-bond donors (Lipinski definition) is 0. The van der Waals surface area contributed by atoms with Crippen molar-refractivity contribution in [2.24, 2.45) is 0 Å². The summed E-state index contributed by atoms with van der Waals surface area (Å²) in [6.45, 7) is 0. The minimum absolute atomic E-state index is 0.